The Hall–Kier alpha value is -3.33. The van der Waals surface area contributed by atoms with Crippen LogP contribution in [0, 0.1) is 5.82 Å². The van der Waals surface area contributed by atoms with Crippen LogP contribution in [0.1, 0.15) is 11.7 Å². The summed E-state index contributed by atoms with van der Waals surface area (Å²) in [6.07, 6.45) is 2.67. The minimum Gasteiger partial charge on any atom is -0.496 e. The van der Waals surface area contributed by atoms with E-state index in [-0.39, 0.29) is 17.5 Å². The summed E-state index contributed by atoms with van der Waals surface area (Å²) in [4.78, 5) is 27.2. The summed E-state index contributed by atoms with van der Waals surface area (Å²) in [6.45, 7) is 1.43. The Morgan fingerprint density at radius 1 is 1.24 bits per heavy atom. The van der Waals surface area contributed by atoms with Crippen molar-refractivity contribution in [3.8, 4) is 17.1 Å². The molecule has 3 aromatic rings. The lowest BCUT2D eigenvalue weighted by atomic mass is 10.1. The van der Waals surface area contributed by atoms with Crippen molar-refractivity contribution >= 4 is 5.95 Å². The molecule has 150 valence electrons. The summed E-state index contributed by atoms with van der Waals surface area (Å²) in [5, 5.41) is 0. The molecular formula is C20H20FN5O3. The molecule has 0 amide bonds. The molecule has 1 aliphatic rings. The number of nitrogens with zero attached hydrogens (tertiary/aromatic N) is 5. The van der Waals surface area contributed by atoms with E-state index in [0.29, 0.717) is 42.8 Å². The van der Waals surface area contributed by atoms with Gasteiger partial charge >= 0.3 is 0 Å². The minimum atomic E-state index is -0.375. The second kappa shape index (κ2) is 7.96. The van der Waals surface area contributed by atoms with Gasteiger partial charge in [0.05, 0.1) is 31.6 Å². The topological polar surface area (TPSA) is 82.4 Å². The van der Waals surface area contributed by atoms with Crippen molar-refractivity contribution in [3.05, 3.63) is 64.6 Å². The Labute approximate surface area is 166 Å². The molecule has 0 N–H and O–H groups in total. The molecule has 0 aliphatic carbocycles. The molecule has 0 bridgehead atoms. The van der Waals surface area contributed by atoms with Crippen LogP contribution >= 0.6 is 0 Å². The van der Waals surface area contributed by atoms with Crippen molar-refractivity contribution < 1.29 is 13.9 Å². The number of hydrogen-bond acceptors (Lipinski definition) is 7. The van der Waals surface area contributed by atoms with Crippen LogP contribution < -0.4 is 15.2 Å². The molecule has 1 fully saturated rings. The van der Waals surface area contributed by atoms with Gasteiger partial charge in [0.2, 0.25) is 5.95 Å². The van der Waals surface area contributed by atoms with Gasteiger partial charge in [-0.1, -0.05) is 0 Å². The maximum Gasteiger partial charge on any atom is 0.255 e. The van der Waals surface area contributed by atoms with Crippen molar-refractivity contribution in [2.75, 3.05) is 31.7 Å². The van der Waals surface area contributed by atoms with E-state index in [1.807, 2.05) is 4.90 Å². The highest BCUT2D eigenvalue weighted by Gasteiger charge is 2.27. The standard InChI is InChI=1S/C20H20FN5O3/c1-25-19(27)10-16(15-5-6-22-12-23-15)24-20(25)26-7-8-29-18(11-26)14-4-3-13(21)9-17(14)28-2/h3-6,9-10,12,18H,7-8,11H2,1-2H3. The van der Waals surface area contributed by atoms with E-state index in [1.165, 1.54) is 36.2 Å². The van der Waals surface area contributed by atoms with E-state index in [4.69, 9.17) is 9.47 Å². The molecule has 3 heterocycles. The average Bonchev–Trinajstić information content (AvgIpc) is 2.76. The first kappa shape index (κ1) is 19.0. The van der Waals surface area contributed by atoms with Crippen LogP contribution in [0.25, 0.3) is 11.4 Å². The van der Waals surface area contributed by atoms with E-state index in [2.05, 4.69) is 15.0 Å². The van der Waals surface area contributed by atoms with Crippen LogP contribution in [-0.2, 0) is 11.8 Å². The predicted octanol–water partition coefficient (Wildman–Crippen LogP) is 1.96. The van der Waals surface area contributed by atoms with Gasteiger partial charge in [-0.2, -0.15) is 0 Å². The van der Waals surface area contributed by atoms with Gasteiger partial charge in [-0.05, 0) is 18.2 Å². The molecule has 0 spiro atoms. The van der Waals surface area contributed by atoms with Crippen LogP contribution in [0.3, 0.4) is 0 Å². The van der Waals surface area contributed by atoms with Gasteiger partial charge < -0.3 is 14.4 Å². The summed E-state index contributed by atoms with van der Waals surface area (Å²) >= 11 is 0. The van der Waals surface area contributed by atoms with Crippen LogP contribution in [0.5, 0.6) is 5.75 Å². The zero-order valence-corrected chi connectivity index (χ0v) is 16.1. The second-order valence-corrected chi connectivity index (χ2v) is 6.62. The van der Waals surface area contributed by atoms with Gasteiger partial charge in [0.1, 0.15) is 24.0 Å². The Morgan fingerprint density at radius 2 is 2.10 bits per heavy atom. The first-order chi connectivity index (χ1) is 14.1. The Balaban J connectivity index is 1.68. The number of anilines is 1. The number of hydrogen-bond donors (Lipinski definition) is 0. The molecule has 1 aliphatic heterocycles. The van der Waals surface area contributed by atoms with Crippen molar-refractivity contribution in [3.63, 3.8) is 0 Å². The van der Waals surface area contributed by atoms with Crippen molar-refractivity contribution in [1.29, 1.82) is 0 Å². The highest BCUT2D eigenvalue weighted by atomic mass is 19.1. The number of morpholine rings is 1. The Morgan fingerprint density at radius 3 is 2.86 bits per heavy atom. The zero-order chi connectivity index (χ0) is 20.4. The number of methoxy groups -OCH3 is 1. The molecule has 1 saturated heterocycles. The van der Waals surface area contributed by atoms with Gasteiger partial charge in [-0.25, -0.2) is 19.3 Å². The van der Waals surface area contributed by atoms with Crippen molar-refractivity contribution in [2.24, 2.45) is 7.05 Å². The third-order valence-electron chi connectivity index (χ3n) is 4.85. The quantitative estimate of drug-likeness (QED) is 0.666. The lowest BCUT2D eigenvalue weighted by Crippen LogP contribution is -2.41. The fraction of sp³-hybridized carbons (Fsp3) is 0.300. The van der Waals surface area contributed by atoms with Gasteiger partial charge in [0.25, 0.3) is 5.56 Å². The van der Waals surface area contributed by atoms with E-state index in [1.54, 1.807) is 25.4 Å². The Bertz CT molecular complexity index is 1070. The molecular weight excluding hydrogens is 377 g/mol. The summed E-state index contributed by atoms with van der Waals surface area (Å²) < 4.78 is 26.3. The lowest BCUT2D eigenvalue weighted by molar-refractivity contribution is 0.0374. The average molecular weight is 397 g/mol. The maximum absolute atomic E-state index is 13.6. The molecule has 2 aromatic heterocycles. The Kier molecular flexibility index (Phi) is 5.22. The molecule has 29 heavy (non-hydrogen) atoms. The fourth-order valence-electron chi connectivity index (χ4n) is 3.35. The van der Waals surface area contributed by atoms with Gasteiger partial charge in [0.15, 0.2) is 0 Å². The molecule has 9 heteroatoms. The second-order valence-electron chi connectivity index (χ2n) is 6.62. The molecule has 1 aromatic carbocycles. The fourth-order valence-corrected chi connectivity index (χ4v) is 3.35. The molecule has 0 saturated carbocycles. The van der Waals surface area contributed by atoms with E-state index >= 15 is 0 Å². The SMILES string of the molecule is COc1cc(F)ccc1C1CN(c2nc(-c3ccncn3)cc(=O)n2C)CCO1. The minimum absolute atomic E-state index is 0.189. The molecule has 8 nitrogen and oxygen atoms in total. The summed E-state index contributed by atoms with van der Waals surface area (Å²) in [6, 6.07) is 7.53. The monoisotopic (exact) mass is 397 g/mol. The van der Waals surface area contributed by atoms with Gasteiger partial charge in [-0.15, -0.1) is 0 Å². The third kappa shape index (κ3) is 3.81. The summed E-state index contributed by atoms with van der Waals surface area (Å²) in [5.41, 5.74) is 1.61. The number of aromatic nitrogens is 4. The zero-order valence-electron chi connectivity index (χ0n) is 16.1. The normalized spacial score (nSPS) is 16.7. The summed E-state index contributed by atoms with van der Waals surface area (Å²) in [5.74, 6) is 0.564. The maximum atomic E-state index is 13.6. The first-order valence-corrected chi connectivity index (χ1v) is 9.11. The van der Waals surface area contributed by atoms with Gasteiger partial charge in [-0.3, -0.25) is 9.36 Å². The van der Waals surface area contributed by atoms with Gasteiger partial charge in [0, 0.05) is 37.5 Å². The smallest absolute Gasteiger partial charge is 0.255 e. The third-order valence-corrected chi connectivity index (χ3v) is 4.85. The van der Waals surface area contributed by atoms with Crippen molar-refractivity contribution in [2.45, 2.75) is 6.10 Å². The van der Waals surface area contributed by atoms with Crippen molar-refractivity contribution in [1.82, 2.24) is 19.5 Å². The molecule has 4 rings (SSSR count). The van der Waals surface area contributed by atoms with Crippen LogP contribution in [0.15, 0.2) is 47.7 Å². The highest BCUT2D eigenvalue weighted by molar-refractivity contribution is 5.55. The molecule has 0 radical (unpaired) electrons. The molecule has 1 atom stereocenters. The van der Waals surface area contributed by atoms with Crippen LogP contribution in [0.4, 0.5) is 10.3 Å². The van der Waals surface area contributed by atoms with E-state index < -0.39 is 0 Å². The van der Waals surface area contributed by atoms with E-state index in [0.717, 1.165) is 5.56 Å². The van der Waals surface area contributed by atoms with E-state index in [9.17, 15) is 9.18 Å². The number of halogens is 1. The lowest BCUT2D eigenvalue weighted by Gasteiger charge is -2.35. The highest BCUT2D eigenvalue weighted by Crippen LogP contribution is 2.32. The number of benzene rings is 1. The number of rotatable bonds is 4. The van der Waals surface area contributed by atoms with Crippen LogP contribution in [-0.4, -0.2) is 46.3 Å². The number of ether oxygens (including phenoxy) is 2. The summed E-state index contributed by atoms with van der Waals surface area (Å²) in [7, 11) is 3.17. The first-order valence-electron chi connectivity index (χ1n) is 9.11. The predicted molar refractivity (Wildman–Crippen MR) is 104 cm³/mol. The largest absolute Gasteiger partial charge is 0.496 e. The molecule has 1 unspecified atom stereocenters. The van der Waals surface area contributed by atoms with Crippen LogP contribution in [0.2, 0.25) is 0 Å².